The van der Waals surface area contributed by atoms with Crippen molar-refractivity contribution in [3.05, 3.63) is 5.92 Å². The van der Waals surface area contributed by atoms with Gasteiger partial charge in [-0.05, 0) is 0 Å². The predicted octanol–water partition coefficient (Wildman–Crippen LogP) is 4.28. The standard InChI is InChI=1S/C4H9.3HI.V/c1-4(2)3;;;;/h1-3H3;3*1H;/q-1;;;;+3/p-3. The van der Waals surface area contributed by atoms with E-state index in [9.17, 15) is 0 Å². The molecule has 0 saturated heterocycles. The Morgan fingerprint density at radius 2 is 1.00 bits per heavy atom. The molecule has 0 nitrogen and oxygen atoms in total. The average Bonchev–Trinajstić information content (AvgIpc) is 1.25. The summed E-state index contributed by atoms with van der Waals surface area (Å²) in [5.74, 6) is 1.42. The minimum atomic E-state index is -0.278. The van der Waals surface area contributed by atoms with E-state index in [0.717, 1.165) is 0 Å². The monoisotopic (exact) mass is 489 g/mol. The third kappa shape index (κ3) is 68.9. The van der Waals surface area contributed by atoms with Crippen LogP contribution in [0.3, 0.4) is 0 Å². The van der Waals surface area contributed by atoms with Gasteiger partial charge in [-0.3, -0.25) is 0 Å². The van der Waals surface area contributed by atoms with Crippen LogP contribution < -0.4 is 0 Å². The fourth-order valence-corrected chi connectivity index (χ4v) is 0. The zero-order chi connectivity index (χ0) is 7.15. The molecular weight excluding hydrogens is 480 g/mol. The van der Waals surface area contributed by atoms with Gasteiger partial charge in [0.2, 0.25) is 0 Å². The van der Waals surface area contributed by atoms with Crippen molar-refractivity contribution in [3.8, 4) is 0 Å². The Balaban J connectivity index is 0. The zero-order valence-corrected chi connectivity index (χ0v) is 13.0. The summed E-state index contributed by atoms with van der Waals surface area (Å²) < 4.78 is 0. The van der Waals surface area contributed by atoms with E-state index in [0.29, 0.717) is 0 Å². The van der Waals surface area contributed by atoms with E-state index in [1.165, 1.54) is 5.92 Å². The molecule has 0 aliphatic heterocycles. The van der Waals surface area contributed by atoms with Gasteiger partial charge in [0.1, 0.15) is 0 Å². The van der Waals surface area contributed by atoms with Gasteiger partial charge in [-0.2, -0.15) is 20.8 Å². The van der Waals surface area contributed by atoms with E-state index >= 15 is 0 Å². The Kier molecular flexibility index (Phi) is 16.3. The molecule has 0 saturated carbocycles. The SMILES string of the molecule is C[C-](C)C.[I][V]([I])[I]. The Labute approximate surface area is 89.6 Å². The Hall–Kier alpha value is 2.77. The summed E-state index contributed by atoms with van der Waals surface area (Å²) in [7, 11) is 0. The van der Waals surface area contributed by atoms with E-state index in [4.69, 9.17) is 0 Å². The second kappa shape index (κ2) is 9.77. The first kappa shape index (κ1) is 13.4. The summed E-state index contributed by atoms with van der Waals surface area (Å²) in [6, 6.07) is 0. The molecular formula is C4H9I3V-. The van der Waals surface area contributed by atoms with Crippen LogP contribution in [0.1, 0.15) is 20.8 Å². The van der Waals surface area contributed by atoms with Crippen molar-refractivity contribution in [2.75, 3.05) is 0 Å². The summed E-state index contributed by atoms with van der Waals surface area (Å²) in [4.78, 5) is -0.278. The van der Waals surface area contributed by atoms with Crippen LogP contribution in [0.2, 0.25) is 0 Å². The molecule has 0 aliphatic rings. The summed E-state index contributed by atoms with van der Waals surface area (Å²) in [5.41, 5.74) is 0. The fourth-order valence-electron chi connectivity index (χ4n) is 0. The normalized spacial score (nSPS) is 9.00. The Bertz CT molecular complexity index is 26.8. The maximum atomic E-state index is 2.46. The molecule has 0 heterocycles. The molecule has 0 spiro atoms. The third-order valence-electron chi connectivity index (χ3n) is 0. The molecule has 8 heavy (non-hydrogen) atoms. The van der Waals surface area contributed by atoms with Gasteiger partial charge >= 0.3 is 64.9 Å². The Morgan fingerprint density at radius 3 is 1.00 bits per heavy atom. The first-order valence-electron chi connectivity index (χ1n) is 2.01. The number of hydrogen-bond acceptors (Lipinski definition) is 0. The molecule has 4 heteroatoms. The molecule has 52 valence electrons. The molecule has 0 fully saturated rings. The van der Waals surface area contributed by atoms with Gasteiger partial charge in [0, 0.05) is 0 Å². The summed E-state index contributed by atoms with van der Waals surface area (Å²) in [6.07, 6.45) is 0. The molecule has 0 aliphatic carbocycles. The second-order valence-electron chi connectivity index (χ2n) is 1.69. The zero-order valence-electron chi connectivity index (χ0n) is 5.08. The van der Waals surface area contributed by atoms with Crippen LogP contribution in [0.4, 0.5) is 0 Å². The fraction of sp³-hybridized carbons (Fsp3) is 0.750. The molecule has 0 aromatic heterocycles. The van der Waals surface area contributed by atoms with Gasteiger partial charge < -0.3 is 5.92 Å². The van der Waals surface area contributed by atoms with Crippen molar-refractivity contribution in [1.82, 2.24) is 0 Å². The van der Waals surface area contributed by atoms with Crippen molar-refractivity contribution < 1.29 is 4.92 Å². The van der Waals surface area contributed by atoms with Crippen LogP contribution in [-0.2, 0) is 4.92 Å². The number of halogens is 3. The first-order chi connectivity index (χ1) is 3.46. The quantitative estimate of drug-likeness (QED) is 0.353. The van der Waals surface area contributed by atoms with Crippen molar-refractivity contribution >= 4 is 59.9 Å². The van der Waals surface area contributed by atoms with E-state index in [1.54, 1.807) is 0 Å². The van der Waals surface area contributed by atoms with Crippen molar-refractivity contribution in [3.63, 3.8) is 0 Å². The molecule has 0 rings (SSSR count). The molecule has 0 aromatic rings. The van der Waals surface area contributed by atoms with Crippen molar-refractivity contribution in [2.24, 2.45) is 0 Å². The van der Waals surface area contributed by atoms with Crippen molar-refractivity contribution in [1.29, 1.82) is 0 Å². The van der Waals surface area contributed by atoms with Crippen LogP contribution in [0.15, 0.2) is 0 Å². The molecule has 0 atom stereocenters. The van der Waals surface area contributed by atoms with Gasteiger partial charge in [-0.15, -0.1) is 0 Å². The second-order valence-corrected chi connectivity index (χ2v) is 37.1. The van der Waals surface area contributed by atoms with Crippen molar-refractivity contribution in [2.45, 2.75) is 20.8 Å². The van der Waals surface area contributed by atoms with Crippen LogP contribution in [0, 0.1) is 5.92 Å². The van der Waals surface area contributed by atoms with Gasteiger partial charge in [0.15, 0.2) is 0 Å². The molecule has 0 unspecified atom stereocenters. The van der Waals surface area contributed by atoms with Gasteiger partial charge in [-0.1, -0.05) is 0 Å². The van der Waals surface area contributed by atoms with Crippen LogP contribution in [0.5, 0.6) is 0 Å². The van der Waals surface area contributed by atoms with E-state index in [1.807, 2.05) is 0 Å². The van der Waals surface area contributed by atoms with Gasteiger partial charge in [-0.25, -0.2) is 0 Å². The first-order valence-corrected chi connectivity index (χ1v) is 15.5. The van der Waals surface area contributed by atoms with Crippen LogP contribution >= 0.6 is 59.9 Å². The van der Waals surface area contributed by atoms with Crippen LogP contribution in [-0.4, -0.2) is 0 Å². The molecule has 0 radical (unpaired) electrons. The average molecular weight is 489 g/mol. The van der Waals surface area contributed by atoms with Gasteiger partial charge in [0.25, 0.3) is 0 Å². The summed E-state index contributed by atoms with van der Waals surface area (Å²) >= 11 is 7.39. The molecule has 0 amide bonds. The van der Waals surface area contributed by atoms with E-state index < -0.39 is 0 Å². The summed E-state index contributed by atoms with van der Waals surface area (Å²) in [6.45, 7) is 6.25. The number of hydrogen-bond donors (Lipinski definition) is 0. The van der Waals surface area contributed by atoms with E-state index in [-0.39, 0.29) is 4.92 Å². The minimum absolute atomic E-state index is 0.278. The topological polar surface area (TPSA) is 0 Å². The van der Waals surface area contributed by atoms with E-state index in [2.05, 4.69) is 80.7 Å². The molecule has 0 N–H and O–H groups in total. The number of rotatable bonds is 0. The molecule has 0 aromatic carbocycles. The van der Waals surface area contributed by atoms with Crippen LogP contribution in [0.25, 0.3) is 0 Å². The third-order valence-corrected chi connectivity index (χ3v) is 0. The maximum absolute atomic E-state index is 2.46. The Morgan fingerprint density at radius 1 is 1.00 bits per heavy atom. The van der Waals surface area contributed by atoms with Gasteiger partial charge in [0.05, 0.1) is 0 Å². The molecule has 0 bridgehead atoms. The predicted molar refractivity (Wildman–Crippen MR) is 62.3 cm³/mol. The summed E-state index contributed by atoms with van der Waals surface area (Å²) in [5, 5.41) is 0.